The normalized spacial score (nSPS) is 12.4. The van der Waals surface area contributed by atoms with Crippen molar-refractivity contribution in [2.45, 2.75) is 18.7 Å². The SMILES string of the molecule is CN(CC(C)(C)CN)S(=O)(=O)c1c(F)c(F)cc(F)c1F.Cl. The van der Waals surface area contributed by atoms with Crippen LogP contribution in [-0.4, -0.2) is 32.9 Å². The third kappa shape index (κ3) is 4.09. The van der Waals surface area contributed by atoms with Crippen molar-refractivity contribution in [3.8, 4) is 0 Å². The van der Waals surface area contributed by atoms with Crippen molar-refractivity contribution in [2.24, 2.45) is 11.1 Å². The van der Waals surface area contributed by atoms with Gasteiger partial charge in [-0.2, -0.15) is 0 Å². The molecule has 0 fully saturated rings. The lowest BCUT2D eigenvalue weighted by atomic mass is 9.94. The van der Waals surface area contributed by atoms with Crippen LogP contribution in [0.2, 0.25) is 0 Å². The lowest BCUT2D eigenvalue weighted by Crippen LogP contribution is -2.40. The Hall–Kier alpha value is -0.900. The van der Waals surface area contributed by atoms with Gasteiger partial charge in [-0.1, -0.05) is 13.8 Å². The van der Waals surface area contributed by atoms with Gasteiger partial charge in [0, 0.05) is 19.7 Å². The molecular formula is C12H17ClF4N2O2S. The molecule has 0 radical (unpaired) electrons. The summed E-state index contributed by atoms with van der Waals surface area (Å²) in [5, 5.41) is 0. The molecule has 0 aliphatic heterocycles. The van der Waals surface area contributed by atoms with E-state index in [0.29, 0.717) is 4.31 Å². The van der Waals surface area contributed by atoms with Crippen molar-refractivity contribution in [1.82, 2.24) is 4.31 Å². The molecule has 0 bridgehead atoms. The molecule has 0 unspecified atom stereocenters. The topological polar surface area (TPSA) is 63.4 Å². The maximum Gasteiger partial charge on any atom is 0.248 e. The van der Waals surface area contributed by atoms with Gasteiger partial charge in [0.15, 0.2) is 28.2 Å². The Labute approximate surface area is 132 Å². The molecule has 0 amide bonds. The van der Waals surface area contributed by atoms with Crippen molar-refractivity contribution in [1.29, 1.82) is 0 Å². The van der Waals surface area contributed by atoms with E-state index in [-0.39, 0.29) is 31.6 Å². The van der Waals surface area contributed by atoms with Crippen molar-refractivity contribution < 1.29 is 26.0 Å². The minimum atomic E-state index is -4.74. The standard InChI is InChI=1S/C12H16F4N2O2S.ClH/c1-12(2,5-17)6-18(3)21(19,20)11-9(15)7(13)4-8(14)10(11)16;/h4H,5-6,17H2,1-3H3;1H. The zero-order chi connectivity index (χ0) is 16.6. The third-order valence-electron chi connectivity index (χ3n) is 2.94. The first-order valence-electron chi connectivity index (χ1n) is 5.93. The molecule has 4 nitrogen and oxygen atoms in total. The first kappa shape index (κ1) is 21.1. The van der Waals surface area contributed by atoms with Crippen LogP contribution in [-0.2, 0) is 10.0 Å². The molecule has 2 N–H and O–H groups in total. The monoisotopic (exact) mass is 364 g/mol. The molecule has 22 heavy (non-hydrogen) atoms. The van der Waals surface area contributed by atoms with E-state index in [2.05, 4.69) is 0 Å². The zero-order valence-electron chi connectivity index (χ0n) is 12.2. The molecule has 0 aliphatic rings. The highest BCUT2D eigenvalue weighted by Crippen LogP contribution is 2.27. The molecule has 1 aromatic carbocycles. The Morgan fingerprint density at radius 2 is 1.55 bits per heavy atom. The van der Waals surface area contributed by atoms with Gasteiger partial charge in [0.25, 0.3) is 0 Å². The fraction of sp³-hybridized carbons (Fsp3) is 0.500. The van der Waals surface area contributed by atoms with Crippen molar-refractivity contribution >= 4 is 22.4 Å². The van der Waals surface area contributed by atoms with Gasteiger partial charge in [-0.05, 0) is 12.0 Å². The van der Waals surface area contributed by atoms with Crippen LogP contribution < -0.4 is 5.73 Å². The van der Waals surface area contributed by atoms with Crippen LogP contribution in [0.25, 0.3) is 0 Å². The molecule has 0 aliphatic carbocycles. The Balaban J connectivity index is 0.00000441. The van der Waals surface area contributed by atoms with E-state index in [1.54, 1.807) is 13.8 Å². The summed E-state index contributed by atoms with van der Waals surface area (Å²) in [4.78, 5) is -1.64. The van der Waals surface area contributed by atoms with E-state index in [9.17, 15) is 26.0 Å². The van der Waals surface area contributed by atoms with Gasteiger partial charge in [0.2, 0.25) is 10.0 Å². The average molecular weight is 365 g/mol. The van der Waals surface area contributed by atoms with E-state index >= 15 is 0 Å². The van der Waals surface area contributed by atoms with Crippen LogP contribution in [0.3, 0.4) is 0 Å². The van der Waals surface area contributed by atoms with E-state index in [4.69, 9.17) is 5.73 Å². The van der Waals surface area contributed by atoms with Gasteiger partial charge in [-0.3, -0.25) is 0 Å². The third-order valence-corrected chi connectivity index (χ3v) is 4.77. The minimum Gasteiger partial charge on any atom is -0.330 e. The summed E-state index contributed by atoms with van der Waals surface area (Å²) in [5.74, 6) is -7.46. The molecule has 0 saturated heterocycles. The Morgan fingerprint density at radius 3 is 1.91 bits per heavy atom. The second kappa shape index (κ2) is 7.12. The van der Waals surface area contributed by atoms with Crippen LogP contribution >= 0.6 is 12.4 Å². The molecule has 0 aromatic heterocycles. The lowest BCUT2D eigenvalue weighted by molar-refractivity contribution is 0.289. The molecule has 1 rings (SSSR count). The fourth-order valence-corrected chi connectivity index (χ4v) is 3.16. The molecule has 1 aromatic rings. The molecule has 0 atom stereocenters. The van der Waals surface area contributed by atoms with E-state index < -0.39 is 43.6 Å². The zero-order valence-corrected chi connectivity index (χ0v) is 13.8. The van der Waals surface area contributed by atoms with E-state index in [1.807, 2.05) is 0 Å². The highest BCUT2D eigenvalue weighted by molar-refractivity contribution is 7.89. The molecule has 0 spiro atoms. The van der Waals surface area contributed by atoms with Gasteiger partial charge in [0.05, 0.1) is 0 Å². The van der Waals surface area contributed by atoms with Gasteiger partial charge < -0.3 is 5.73 Å². The van der Waals surface area contributed by atoms with Crippen molar-refractivity contribution in [3.63, 3.8) is 0 Å². The largest absolute Gasteiger partial charge is 0.330 e. The van der Waals surface area contributed by atoms with E-state index in [0.717, 1.165) is 7.05 Å². The summed E-state index contributed by atoms with van der Waals surface area (Å²) in [6.45, 7) is 3.20. The number of nitrogens with two attached hydrogens (primary N) is 1. The number of benzene rings is 1. The highest BCUT2D eigenvalue weighted by atomic mass is 35.5. The maximum absolute atomic E-state index is 13.6. The van der Waals surface area contributed by atoms with E-state index in [1.165, 1.54) is 0 Å². The summed E-state index contributed by atoms with van der Waals surface area (Å²) in [6.07, 6.45) is 0. The smallest absolute Gasteiger partial charge is 0.248 e. The average Bonchev–Trinajstić information content (AvgIpc) is 2.36. The highest BCUT2D eigenvalue weighted by Gasteiger charge is 2.34. The summed E-state index contributed by atoms with van der Waals surface area (Å²) in [7, 11) is -3.69. The van der Waals surface area contributed by atoms with Gasteiger partial charge in [-0.25, -0.2) is 30.3 Å². The Kier molecular flexibility index (Phi) is 6.83. The summed E-state index contributed by atoms with van der Waals surface area (Å²) >= 11 is 0. The fourth-order valence-electron chi connectivity index (χ4n) is 1.69. The number of sulfonamides is 1. The second-order valence-corrected chi connectivity index (χ2v) is 7.41. The molecular weight excluding hydrogens is 348 g/mol. The van der Waals surface area contributed by atoms with Crippen LogP contribution in [0, 0.1) is 28.7 Å². The van der Waals surface area contributed by atoms with Gasteiger partial charge >= 0.3 is 0 Å². The number of halogens is 5. The summed E-state index contributed by atoms with van der Waals surface area (Å²) in [6, 6.07) is -0.0481. The predicted molar refractivity (Wildman–Crippen MR) is 76.2 cm³/mol. The minimum absolute atomic E-state index is 0. The Bertz CT molecular complexity index is 627. The van der Waals surface area contributed by atoms with Crippen LogP contribution in [0.5, 0.6) is 0 Å². The number of hydrogen-bond acceptors (Lipinski definition) is 3. The summed E-state index contributed by atoms with van der Waals surface area (Å²) in [5.41, 5.74) is 4.78. The maximum atomic E-state index is 13.6. The lowest BCUT2D eigenvalue weighted by Gasteiger charge is -2.28. The number of nitrogens with zero attached hydrogens (tertiary/aromatic N) is 1. The van der Waals surface area contributed by atoms with Crippen LogP contribution in [0.4, 0.5) is 17.6 Å². The van der Waals surface area contributed by atoms with Gasteiger partial charge in [-0.15, -0.1) is 12.4 Å². The summed E-state index contributed by atoms with van der Waals surface area (Å²) < 4.78 is 78.4. The number of rotatable bonds is 5. The van der Waals surface area contributed by atoms with Gasteiger partial charge in [0.1, 0.15) is 0 Å². The Morgan fingerprint density at radius 1 is 1.14 bits per heavy atom. The predicted octanol–water partition coefficient (Wildman–Crippen LogP) is 2.27. The van der Waals surface area contributed by atoms with Crippen LogP contribution in [0.15, 0.2) is 11.0 Å². The second-order valence-electron chi connectivity index (χ2n) is 5.43. The first-order chi connectivity index (χ1) is 9.44. The van der Waals surface area contributed by atoms with Crippen molar-refractivity contribution in [2.75, 3.05) is 20.1 Å². The number of hydrogen-bond donors (Lipinski definition) is 1. The van der Waals surface area contributed by atoms with Crippen LogP contribution in [0.1, 0.15) is 13.8 Å². The van der Waals surface area contributed by atoms with Crippen molar-refractivity contribution in [3.05, 3.63) is 29.3 Å². The molecule has 0 saturated carbocycles. The molecule has 0 heterocycles. The quantitative estimate of drug-likeness (QED) is 0.644. The first-order valence-corrected chi connectivity index (χ1v) is 7.37. The molecule has 10 heteroatoms. The molecule has 128 valence electrons.